The van der Waals surface area contributed by atoms with Crippen LogP contribution in [0.4, 0.5) is 11.4 Å². The summed E-state index contributed by atoms with van der Waals surface area (Å²) in [5.74, 6) is 0.127. The molecule has 0 heterocycles. The van der Waals surface area contributed by atoms with Crippen LogP contribution in [0.3, 0.4) is 0 Å². The molecule has 1 saturated carbocycles. The molecule has 0 aromatic heterocycles. The Morgan fingerprint density at radius 2 is 1.84 bits per heavy atom. The van der Waals surface area contributed by atoms with E-state index in [1.54, 1.807) is 12.1 Å². The summed E-state index contributed by atoms with van der Waals surface area (Å²) in [6.45, 7) is 9.94. The van der Waals surface area contributed by atoms with Gasteiger partial charge in [0.2, 0.25) is 0 Å². The highest BCUT2D eigenvalue weighted by atomic mass is 16.1. The van der Waals surface area contributed by atoms with E-state index in [-0.39, 0.29) is 0 Å². The van der Waals surface area contributed by atoms with Crippen molar-refractivity contribution in [3.63, 3.8) is 0 Å². The molecule has 1 aromatic rings. The number of primary amides is 1. The molecule has 2 rings (SSSR count). The lowest BCUT2D eigenvalue weighted by molar-refractivity contribution is 0.100. The molecule has 1 amide bonds. The second-order valence-corrected chi connectivity index (χ2v) is 6.55. The molecule has 19 heavy (non-hydrogen) atoms. The molecule has 0 saturated heterocycles. The highest BCUT2D eigenvalue weighted by Crippen LogP contribution is 2.68. The Hall–Kier alpha value is -1.71. The van der Waals surface area contributed by atoms with Crippen LogP contribution >= 0.6 is 0 Å². The van der Waals surface area contributed by atoms with Crippen LogP contribution in [0.2, 0.25) is 0 Å². The number of nitrogens with two attached hydrogens (primary N) is 2. The van der Waals surface area contributed by atoms with Gasteiger partial charge < -0.3 is 16.8 Å². The van der Waals surface area contributed by atoms with E-state index in [2.05, 4.69) is 33.0 Å². The van der Waals surface area contributed by atoms with Crippen molar-refractivity contribution in [2.45, 2.75) is 27.7 Å². The largest absolute Gasteiger partial charge is 0.399 e. The molecule has 5 N–H and O–H groups in total. The maximum absolute atomic E-state index is 11.4. The number of anilines is 2. The number of benzene rings is 1. The minimum absolute atomic E-state index is 0.320. The number of rotatable bonds is 4. The Kier molecular flexibility index (Phi) is 3.00. The fourth-order valence-corrected chi connectivity index (χ4v) is 2.98. The van der Waals surface area contributed by atoms with Gasteiger partial charge in [-0.05, 0) is 34.9 Å². The van der Waals surface area contributed by atoms with E-state index in [1.807, 2.05) is 6.07 Å². The quantitative estimate of drug-likeness (QED) is 0.728. The summed E-state index contributed by atoms with van der Waals surface area (Å²) in [6.07, 6.45) is 0. The topological polar surface area (TPSA) is 81.1 Å². The van der Waals surface area contributed by atoms with Crippen LogP contribution in [0.25, 0.3) is 0 Å². The number of hydrogen-bond donors (Lipinski definition) is 3. The molecule has 0 atom stereocenters. The number of hydrogen-bond acceptors (Lipinski definition) is 3. The van der Waals surface area contributed by atoms with Crippen molar-refractivity contribution < 1.29 is 4.79 Å². The molecule has 0 spiro atoms. The third-order valence-corrected chi connectivity index (χ3v) is 5.13. The first-order valence-corrected chi connectivity index (χ1v) is 6.61. The molecule has 0 unspecified atom stereocenters. The van der Waals surface area contributed by atoms with Crippen molar-refractivity contribution in [1.82, 2.24) is 0 Å². The zero-order valence-electron chi connectivity index (χ0n) is 12.1. The molecular formula is C15H23N3O. The van der Waals surface area contributed by atoms with E-state index in [0.29, 0.717) is 28.0 Å². The van der Waals surface area contributed by atoms with Gasteiger partial charge in [0.15, 0.2) is 0 Å². The fourth-order valence-electron chi connectivity index (χ4n) is 2.98. The van der Waals surface area contributed by atoms with Crippen LogP contribution in [-0.4, -0.2) is 12.5 Å². The summed E-state index contributed by atoms with van der Waals surface area (Å²) in [5, 5.41) is 3.34. The number of carbonyl (C=O) groups excluding carboxylic acids is 1. The number of amides is 1. The first-order chi connectivity index (χ1) is 8.68. The van der Waals surface area contributed by atoms with Crippen LogP contribution in [-0.2, 0) is 0 Å². The molecule has 4 heteroatoms. The van der Waals surface area contributed by atoms with Gasteiger partial charge in [-0.2, -0.15) is 0 Å². The second-order valence-electron chi connectivity index (χ2n) is 6.55. The van der Waals surface area contributed by atoms with Crippen LogP contribution in [0, 0.1) is 16.7 Å². The molecule has 0 radical (unpaired) electrons. The Bertz CT molecular complexity index is 506. The lowest BCUT2D eigenvalue weighted by Crippen LogP contribution is -2.16. The normalized spacial score (nSPS) is 20.0. The van der Waals surface area contributed by atoms with E-state index in [0.717, 1.165) is 12.2 Å². The van der Waals surface area contributed by atoms with E-state index >= 15 is 0 Å². The average molecular weight is 261 g/mol. The van der Waals surface area contributed by atoms with Gasteiger partial charge in [-0.15, -0.1) is 0 Å². The molecule has 104 valence electrons. The van der Waals surface area contributed by atoms with Crippen molar-refractivity contribution in [3.05, 3.63) is 23.8 Å². The highest BCUT2D eigenvalue weighted by molar-refractivity contribution is 5.99. The first kappa shape index (κ1) is 13.7. The summed E-state index contributed by atoms with van der Waals surface area (Å²) in [7, 11) is 0. The van der Waals surface area contributed by atoms with Crippen LogP contribution < -0.4 is 16.8 Å². The van der Waals surface area contributed by atoms with Gasteiger partial charge in [-0.25, -0.2) is 0 Å². The van der Waals surface area contributed by atoms with Gasteiger partial charge in [0.05, 0.1) is 5.56 Å². The van der Waals surface area contributed by atoms with Crippen LogP contribution in [0.1, 0.15) is 38.1 Å². The maximum Gasteiger partial charge on any atom is 0.250 e. The highest BCUT2D eigenvalue weighted by Gasteiger charge is 2.64. The summed E-state index contributed by atoms with van der Waals surface area (Å²) in [6, 6.07) is 5.21. The van der Waals surface area contributed by atoms with E-state index in [4.69, 9.17) is 11.5 Å². The standard InChI is InChI=1S/C15H23N3O/c1-14(2)12(15(14,3)4)8-18-11-6-5-9(16)7-10(11)13(17)19/h5-7,12,18H,8,16H2,1-4H3,(H2,17,19). The Morgan fingerprint density at radius 3 is 2.32 bits per heavy atom. The maximum atomic E-state index is 11.4. The molecule has 1 fully saturated rings. The van der Waals surface area contributed by atoms with Gasteiger partial charge >= 0.3 is 0 Å². The SMILES string of the molecule is CC1(C)C(CNc2ccc(N)cc2C(N)=O)C1(C)C. The minimum Gasteiger partial charge on any atom is -0.399 e. The van der Waals surface area contributed by atoms with E-state index in [9.17, 15) is 4.79 Å². The van der Waals surface area contributed by atoms with Crippen LogP contribution in [0.15, 0.2) is 18.2 Å². The van der Waals surface area contributed by atoms with Gasteiger partial charge in [-0.3, -0.25) is 4.79 Å². The third kappa shape index (κ3) is 2.15. The zero-order chi connectivity index (χ0) is 14.4. The predicted molar refractivity (Wildman–Crippen MR) is 78.9 cm³/mol. The fraction of sp³-hybridized carbons (Fsp3) is 0.533. The van der Waals surface area contributed by atoms with Gasteiger partial charge in [0.25, 0.3) is 5.91 Å². The number of nitrogens with one attached hydrogen (secondary N) is 1. The number of nitrogen functional groups attached to an aromatic ring is 1. The predicted octanol–water partition coefficient (Wildman–Crippen LogP) is 2.46. The first-order valence-electron chi connectivity index (χ1n) is 6.61. The lowest BCUT2D eigenvalue weighted by Gasteiger charge is -2.11. The summed E-state index contributed by atoms with van der Waals surface area (Å²) in [4.78, 5) is 11.4. The van der Waals surface area contributed by atoms with Gasteiger partial charge in [0.1, 0.15) is 0 Å². The molecular weight excluding hydrogens is 238 g/mol. The van der Waals surface area contributed by atoms with Gasteiger partial charge in [0, 0.05) is 17.9 Å². The van der Waals surface area contributed by atoms with E-state index in [1.165, 1.54) is 0 Å². The van der Waals surface area contributed by atoms with Crippen molar-refractivity contribution in [3.8, 4) is 0 Å². The third-order valence-electron chi connectivity index (χ3n) is 5.13. The molecule has 1 aliphatic rings. The Labute approximate surface area is 114 Å². The molecule has 4 nitrogen and oxygen atoms in total. The van der Waals surface area contributed by atoms with E-state index < -0.39 is 5.91 Å². The molecule has 1 aliphatic carbocycles. The summed E-state index contributed by atoms with van der Waals surface area (Å²) < 4.78 is 0. The Balaban J connectivity index is 2.11. The van der Waals surface area contributed by atoms with Crippen LogP contribution in [0.5, 0.6) is 0 Å². The molecule has 1 aromatic carbocycles. The smallest absolute Gasteiger partial charge is 0.250 e. The minimum atomic E-state index is -0.455. The monoisotopic (exact) mass is 261 g/mol. The van der Waals surface area contributed by atoms with Crippen molar-refractivity contribution >= 4 is 17.3 Å². The number of carbonyl (C=O) groups is 1. The lowest BCUT2D eigenvalue weighted by atomic mass is 10.0. The molecule has 0 bridgehead atoms. The summed E-state index contributed by atoms with van der Waals surface area (Å²) >= 11 is 0. The van der Waals surface area contributed by atoms with Crippen molar-refractivity contribution in [2.24, 2.45) is 22.5 Å². The summed E-state index contributed by atoms with van der Waals surface area (Å²) in [5.41, 5.74) is 13.5. The van der Waals surface area contributed by atoms with Crippen molar-refractivity contribution in [2.75, 3.05) is 17.6 Å². The zero-order valence-corrected chi connectivity index (χ0v) is 12.1. The Morgan fingerprint density at radius 1 is 1.26 bits per heavy atom. The molecule has 0 aliphatic heterocycles. The average Bonchev–Trinajstić information content (AvgIpc) is 2.68. The van der Waals surface area contributed by atoms with Crippen molar-refractivity contribution in [1.29, 1.82) is 0 Å². The van der Waals surface area contributed by atoms with Gasteiger partial charge in [-0.1, -0.05) is 27.7 Å². The second kappa shape index (κ2) is 4.15.